The van der Waals surface area contributed by atoms with Crippen LogP contribution >= 0.6 is 11.6 Å². The van der Waals surface area contributed by atoms with Gasteiger partial charge in [-0.05, 0) is 51.0 Å². The molecule has 1 N–H and O–H groups in total. The molecule has 0 bridgehead atoms. The maximum atomic E-state index is 13.6. The molecule has 0 radical (unpaired) electrons. The largest absolute Gasteiger partial charge is 0.352 e. The molecular formula is C24H31ClFN3O4S. The maximum absolute atomic E-state index is 13.6. The predicted octanol–water partition coefficient (Wildman–Crippen LogP) is 3.89. The van der Waals surface area contributed by atoms with E-state index in [1.165, 1.54) is 11.0 Å². The van der Waals surface area contributed by atoms with E-state index < -0.39 is 34.3 Å². The van der Waals surface area contributed by atoms with E-state index >= 15 is 0 Å². The van der Waals surface area contributed by atoms with Crippen LogP contribution in [0, 0.1) is 12.7 Å². The summed E-state index contributed by atoms with van der Waals surface area (Å²) in [6.07, 6.45) is 1.28. The van der Waals surface area contributed by atoms with Crippen LogP contribution in [-0.2, 0) is 26.2 Å². The lowest BCUT2D eigenvalue weighted by molar-refractivity contribution is -0.140. The number of amides is 2. The summed E-state index contributed by atoms with van der Waals surface area (Å²) in [7, 11) is -3.92. The van der Waals surface area contributed by atoms with Gasteiger partial charge in [0.1, 0.15) is 18.4 Å². The molecule has 2 amide bonds. The number of benzene rings is 2. The maximum Gasteiger partial charge on any atom is 0.244 e. The van der Waals surface area contributed by atoms with Gasteiger partial charge < -0.3 is 10.2 Å². The fourth-order valence-electron chi connectivity index (χ4n) is 3.56. The fourth-order valence-corrected chi connectivity index (χ4v) is 4.58. The van der Waals surface area contributed by atoms with Crippen molar-refractivity contribution in [2.45, 2.75) is 52.7 Å². The van der Waals surface area contributed by atoms with Gasteiger partial charge in [-0.25, -0.2) is 12.8 Å². The summed E-state index contributed by atoms with van der Waals surface area (Å²) < 4.78 is 39.6. The summed E-state index contributed by atoms with van der Waals surface area (Å²) in [6, 6.07) is 10.0. The van der Waals surface area contributed by atoms with Crippen molar-refractivity contribution in [1.82, 2.24) is 10.2 Å². The third-order valence-corrected chi connectivity index (χ3v) is 6.55. The van der Waals surface area contributed by atoms with Crippen LogP contribution in [0.1, 0.15) is 38.3 Å². The molecule has 1 atom stereocenters. The molecule has 0 fully saturated rings. The number of sulfonamides is 1. The van der Waals surface area contributed by atoms with Crippen LogP contribution in [0.5, 0.6) is 0 Å². The fraction of sp³-hybridized carbons (Fsp3) is 0.417. The van der Waals surface area contributed by atoms with Gasteiger partial charge in [0.2, 0.25) is 21.8 Å². The minimum atomic E-state index is -3.92. The summed E-state index contributed by atoms with van der Waals surface area (Å²) in [5.74, 6) is -1.60. The Kier molecular flexibility index (Phi) is 9.46. The van der Waals surface area contributed by atoms with E-state index in [4.69, 9.17) is 11.6 Å². The van der Waals surface area contributed by atoms with Crippen molar-refractivity contribution in [1.29, 1.82) is 0 Å². The normalized spacial score (nSPS) is 12.4. The molecule has 0 spiro atoms. The van der Waals surface area contributed by atoms with Gasteiger partial charge in [0.25, 0.3) is 0 Å². The smallest absolute Gasteiger partial charge is 0.244 e. The molecule has 0 aliphatic heterocycles. The summed E-state index contributed by atoms with van der Waals surface area (Å²) >= 11 is 5.85. The highest BCUT2D eigenvalue weighted by Gasteiger charge is 2.32. The van der Waals surface area contributed by atoms with Crippen LogP contribution < -0.4 is 9.62 Å². The molecule has 10 heteroatoms. The Bertz CT molecular complexity index is 1140. The van der Waals surface area contributed by atoms with Crippen molar-refractivity contribution in [3.05, 3.63) is 64.4 Å². The zero-order valence-electron chi connectivity index (χ0n) is 20.0. The number of rotatable bonds is 10. The summed E-state index contributed by atoms with van der Waals surface area (Å²) in [6.45, 7) is 6.89. The first-order chi connectivity index (χ1) is 15.8. The van der Waals surface area contributed by atoms with Crippen molar-refractivity contribution in [3.8, 4) is 0 Å². The Labute approximate surface area is 205 Å². The van der Waals surface area contributed by atoms with Crippen molar-refractivity contribution in [3.63, 3.8) is 0 Å². The Morgan fingerprint density at radius 3 is 2.35 bits per heavy atom. The Morgan fingerprint density at radius 1 is 1.15 bits per heavy atom. The summed E-state index contributed by atoms with van der Waals surface area (Å²) in [5.41, 5.74) is 1.85. The van der Waals surface area contributed by atoms with E-state index in [2.05, 4.69) is 5.32 Å². The van der Waals surface area contributed by atoms with Crippen molar-refractivity contribution >= 4 is 39.1 Å². The highest BCUT2D eigenvalue weighted by Crippen LogP contribution is 2.25. The lowest BCUT2D eigenvalue weighted by Gasteiger charge is -2.33. The van der Waals surface area contributed by atoms with E-state index in [1.807, 2.05) is 45.0 Å². The van der Waals surface area contributed by atoms with Crippen LogP contribution in [0.2, 0.25) is 5.02 Å². The van der Waals surface area contributed by atoms with Gasteiger partial charge in [-0.1, -0.05) is 48.4 Å². The highest BCUT2D eigenvalue weighted by molar-refractivity contribution is 7.92. The number of nitrogens with one attached hydrogen (secondary N) is 1. The minimum absolute atomic E-state index is 0.0532. The second-order valence-electron chi connectivity index (χ2n) is 8.47. The standard InChI is InChI=1S/C24H31ClFN3O4S/c1-6-22(24(31)27-16(2)3)28(14-18-9-7-8-17(4)12-18)23(30)15-29(34(5,32)33)19-10-11-21(26)20(25)13-19/h7-13,16,22H,6,14-15H2,1-5H3,(H,27,31)/t22-/m0/s1. The Morgan fingerprint density at radius 2 is 1.82 bits per heavy atom. The molecular weight excluding hydrogens is 481 g/mol. The molecule has 7 nitrogen and oxygen atoms in total. The topological polar surface area (TPSA) is 86.8 Å². The van der Waals surface area contributed by atoms with E-state index in [0.717, 1.165) is 33.8 Å². The van der Waals surface area contributed by atoms with Gasteiger partial charge in [0.05, 0.1) is 17.0 Å². The van der Waals surface area contributed by atoms with Gasteiger partial charge in [-0.2, -0.15) is 0 Å². The van der Waals surface area contributed by atoms with Gasteiger partial charge in [0, 0.05) is 12.6 Å². The summed E-state index contributed by atoms with van der Waals surface area (Å²) in [4.78, 5) is 27.8. The first-order valence-corrected chi connectivity index (χ1v) is 13.1. The monoisotopic (exact) mass is 511 g/mol. The number of aryl methyl sites for hydroxylation is 1. The van der Waals surface area contributed by atoms with Crippen LogP contribution in [0.25, 0.3) is 0 Å². The van der Waals surface area contributed by atoms with Crippen molar-refractivity contribution < 1.29 is 22.4 Å². The third-order valence-electron chi connectivity index (χ3n) is 5.12. The first kappa shape index (κ1) is 27.6. The van der Waals surface area contributed by atoms with Crippen LogP contribution in [0.3, 0.4) is 0 Å². The number of nitrogens with zero attached hydrogens (tertiary/aromatic N) is 2. The van der Waals surface area contributed by atoms with Crippen molar-refractivity contribution in [2.24, 2.45) is 0 Å². The molecule has 2 rings (SSSR count). The molecule has 2 aromatic rings. The lowest BCUT2D eigenvalue weighted by Crippen LogP contribution is -2.53. The number of hydrogen-bond acceptors (Lipinski definition) is 4. The number of halogens is 2. The van der Waals surface area contributed by atoms with E-state index in [1.54, 1.807) is 6.92 Å². The molecule has 186 valence electrons. The molecule has 0 aliphatic rings. The van der Waals surface area contributed by atoms with Crippen LogP contribution in [0.15, 0.2) is 42.5 Å². The van der Waals surface area contributed by atoms with Crippen LogP contribution in [-0.4, -0.2) is 50.0 Å². The molecule has 0 saturated carbocycles. The van der Waals surface area contributed by atoms with Gasteiger partial charge >= 0.3 is 0 Å². The molecule has 2 aromatic carbocycles. The molecule has 0 heterocycles. The van der Waals surface area contributed by atoms with Gasteiger partial charge in [-0.15, -0.1) is 0 Å². The minimum Gasteiger partial charge on any atom is -0.352 e. The lowest BCUT2D eigenvalue weighted by atomic mass is 10.1. The molecule has 0 aromatic heterocycles. The zero-order valence-corrected chi connectivity index (χ0v) is 21.6. The van der Waals surface area contributed by atoms with Crippen LogP contribution in [0.4, 0.5) is 10.1 Å². The highest BCUT2D eigenvalue weighted by atomic mass is 35.5. The number of anilines is 1. The Hall–Kier alpha value is -2.65. The molecule has 0 unspecified atom stereocenters. The van der Waals surface area contributed by atoms with E-state index in [0.29, 0.717) is 6.42 Å². The van der Waals surface area contributed by atoms with Crippen molar-refractivity contribution in [2.75, 3.05) is 17.1 Å². The third kappa shape index (κ3) is 7.43. The van der Waals surface area contributed by atoms with Gasteiger partial charge in [0.15, 0.2) is 0 Å². The second-order valence-corrected chi connectivity index (χ2v) is 10.8. The average Bonchev–Trinajstić information content (AvgIpc) is 2.72. The first-order valence-electron chi connectivity index (χ1n) is 10.9. The van der Waals surface area contributed by atoms with Gasteiger partial charge in [-0.3, -0.25) is 13.9 Å². The number of carbonyl (C=O) groups is 2. The number of hydrogen-bond donors (Lipinski definition) is 1. The zero-order chi connectivity index (χ0) is 25.6. The predicted molar refractivity (Wildman–Crippen MR) is 133 cm³/mol. The molecule has 34 heavy (non-hydrogen) atoms. The molecule has 0 aliphatic carbocycles. The van der Waals surface area contributed by atoms with E-state index in [-0.39, 0.29) is 29.2 Å². The second kappa shape index (κ2) is 11.7. The quantitative estimate of drug-likeness (QED) is 0.524. The molecule has 0 saturated heterocycles. The van der Waals surface area contributed by atoms with E-state index in [9.17, 15) is 22.4 Å². The Balaban J connectivity index is 2.46. The average molecular weight is 512 g/mol. The SMILES string of the molecule is CC[C@@H](C(=O)NC(C)C)N(Cc1cccc(C)c1)C(=O)CN(c1ccc(F)c(Cl)c1)S(C)(=O)=O. The number of carbonyl (C=O) groups excluding carboxylic acids is 2. The summed E-state index contributed by atoms with van der Waals surface area (Å²) in [5, 5.41) is 2.57.